The van der Waals surface area contributed by atoms with Crippen LogP contribution in [0.4, 0.5) is 0 Å². The molecule has 1 atom stereocenters. The van der Waals surface area contributed by atoms with Crippen LogP contribution >= 0.6 is 0 Å². The molecule has 0 aromatic heterocycles. The Balaban J connectivity index is 2.37. The number of ether oxygens (including phenoxy) is 1. The molecule has 0 aromatic carbocycles. The van der Waals surface area contributed by atoms with Crippen molar-refractivity contribution >= 4 is 10.1 Å². The first-order valence-corrected chi connectivity index (χ1v) is 5.91. The average molecular weight is 209 g/mol. The van der Waals surface area contributed by atoms with Gasteiger partial charge < -0.3 is 10.1 Å². The van der Waals surface area contributed by atoms with E-state index in [1.807, 2.05) is 0 Å². The van der Waals surface area contributed by atoms with E-state index in [1.165, 1.54) is 0 Å². The van der Waals surface area contributed by atoms with E-state index in [1.54, 1.807) is 6.92 Å². The van der Waals surface area contributed by atoms with E-state index in [0.717, 1.165) is 6.54 Å². The van der Waals surface area contributed by atoms with Crippen molar-refractivity contribution in [2.75, 3.05) is 32.1 Å². The highest BCUT2D eigenvalue weighted by molar-refractivity contribution is 7.86. The van der Waals surface area contributed by atoms with Crippen LogP contribution in [-0.2, 0) is 19.0 Å². The minimum atomic E-state index is -3.40. The van der Waals surface area contributed by atoms with Crippen LogP contribution in [0.3, 0.4) is 0 Å². The molecule has 1 aliphatic rings. The Labute approximate surface area is 78.5 Å². The molecule has 1 heterocycles. The van der Waals surface area contributed by atoms with Gasteiger partial charge in [0, 0.05) is 13.1 Å². The first-order chi connectivity index (χ1) is 6.14. The van der Waals surface area contributed by atoms with Crippen LogP contribution in [0.1, 0.15) is 6.92 Å². The Kier molecular flexibility index (Phi) is 4.11. The zero-order chi connectivity index (χ0) is 9.73. The molecule has 0 bridgehead atoms. The van der Waals surface area contributed by atoms with Gasteiger partial charge in [0.1, 0.15) is 5.75 Å². The fourth-order valence-electron chi connectivity index (χ4n) is 1.18. The molecule has 5 nitrogen and oxygen atoms in total. The highest BCUT2D eigenvalue weighted by atomic mass is 32.2. The van der Waals surface area contributed by atoms with Gasteiger partial charge >= 0.3 is 0 Å². The highest BCUT2D eigenvalue weighted by Gasteiger charge is 2.21. The van der Waals surface area contributed by atoms with Gasteiger partial charge in [-0.2, -0.15) is 8.42 Å². The Morgan fingerprint density at radius 1 is 1.62 bits per heavy atom. The third kappa shape index (κ3) is 4.04. The smallest absolute Gasteiger partial charge is 0.269 e. The molecule has 0 radical (unpaired) electrons. The van der Waals surface area contributed by atoms with Crippen molar-refractivity contribution < 1.29 is 17.3 Å². The number of nitrogens with one attached hydrogen (secondary N) is 1. The van der Waals surface area contributed by atoms with E-state index in [4.69, 9.17) is 4.74 Å². The minimum absolute atomic E-state index is 0.0617. The number of hydrogen-bond acceptors (Lipinski definition) is 5. The Bertz CT molecular complexity index is 233. The molecule has 1 unspecified atom stereocenters. The maximum Gasteiger partial charge on any atom is 0.269 e. The van der Waals surface area contributed by atoms with Gasteiger partial charge in [0.25, 0.3) is 10.1 Å². The van der Waals surface area contributed by atoms with Gasteiger partial charge in [-0.15, -0.1) is 0 Å². The predicted molar refractivity (Wildman–Crippen MR) is 48.0 cm³/mol. The molecule has 0 amide bonds. The monoisotopic (exact) mass is 209 g/mol. The summed E-state index contributed by atoms with van der Waals surface area (Å²) in [5.74, 6) is -0.0617. The molecule has 0 spiro atoms. The molecular formula is C7H15NO4S. The van der Waals surface area contributed by atoms with Crippen molar-refractivity contribution in [3.63, 3.8) is 0 Å². The molecule has 1 saturated heterocycles. The third-order valence-electron chi connectivity index (χ3n) is 1.69. The van der Waals surface area contributed by atoms with Gasteiger partial charge in [-0.1, -0.05) is 0 Å². The largest absolute Gasteiger partial charge is 0.374 e. The van der Waals surface area contributed by atoms with Crippen LogP contribution in [0.2, 0.25) is 0 Å². The van der Waals surface area contributed by atoms with E-state index < -0.39 is 10.1 Å². The van der Waals surface area contributed by atoms with Crippen molar-refractivity contribution in [2.24, 2.45) is 0 Å². The quantitative estimate of drug-likeness (QED) is 0.623. The molecule has 78 valence electrons. The summed E-state index contributed by atoms with van der Waals surface area (Å²) in [6.45, 7) is 3.75. The zero-order valence-corrected chi connectivity index (χ0v) is 8.47. The molecule has 1 aliphatic heterocycles. The SMILES string of the molecule is CCOS(=O)(=O)CC1CNCCO1. The van der Waals surface area contributed by atoms with Crippen molar-refractivity contribution in [1.29, 1.82) is 0 Å². The summed E-state index contributed by atoms with van der Waals surface area (Å²) in [6.07, 6.45) is -0.273. The van der Waals surface area contributed by atoms with Crippen LogP contribution in [0.15, 0.2) is 0 Å². The van der Waals surface area contributed by atoms with Crippen LogP contribution in [-0.4, -0.2) is 46.6 Å². The maximum absolute atomic E-state index is 11.2. The van der Waals surface area contributed by atoms with E-state index >= 15 is 0 Å². The highest BCUT2D eigenvalue weighted by Crippen LogP contribution is 2.02. The summed E-state index contributed by atoms with van der Waals surface area (Å²) < 4.78 is 32.2. The summed E-state index contributed by atoms with van der Waals surface area (Å²) in [5, 5.41) is 3.05. The lowest BCUT2D eigenvalue weighted by Gasteiger charge is -2.22. The van der Waals surface area contributed by atoms with Gasteiger partial charge in [-0.3, -0.25) is 4.18 Å². The lowest BCUT2D eigenvalue weighted by Crippen LogP contribution is -2.42. The Hall–Kier alpha value is -0.170. The van der Waals surface area contributed by atoms with Gasteiger partial charge in [-0.05, 0) is 6.92 Å². The average Bonchev–Trinajstić information content (AvgIpc) is 2.04. The normalized spacial score (nSPS) is 24.5. The molecule has 1 rings (SSSR count). The summed E-state index contributed by atoms with van der Waals surface area (Å²) >= 11 is 0. The Morgan fingerprint density at radius 2 is 2.38 bits per heavy atom. The molecule has 1 N–H and O–H groups in total. The van der Waals surface area contributed by atoms with Crippen molar-refractivity contribution in [3.8, 4) is 0 Å². The Morgan fingerprint density at radius 3 is 2.92 bits per heavy atom. The molecule has 1 fully saturated rings. The van der Waals surface area contributed by atoms with Crippen molar-refractivity contribution in [2.45, 2.75) is 13.0 Å². The lowest BCUT2D eigenvalue weighted by atomic mass is 10.3. The fourth-order valence-corrected chi connectivity index (χ4v) is 2.31. The summed E-state index contributed by atoms with van der Waals surface area (Å²) in [6, 6.07) is 0. The molecular weight excluding hydrogens is 194 g/mol. The number of hydrogen-bond donors (Lipinski definition) is 1. The van der Waals surface area contributed by atoms with E-state index in [-0.39, 0.29) is 18.5 Å². The van der Waals surface area contributed by atoms with Crippen LogP contribution in [0.25, 0.3) is 0 Å². The first kappa shape index (κ1) is 10.9. The standard InChI is InChI=1S/C7H15NO4S/c1-2-12-13(9,10)6-7-5-8-3-4-11-7/h7-8H,2-6H2,1H3. The van der Waals surface area contributed by atoms with Gasteiger partial charge in [-0.25, -0.2) is 0 Å². The third-order valence-corrected chi connectivity index (χ3v) is 3.07. The van der Waals surface area contributed by atoms with Gasteiger partial charge in [0.15, 0.2) is 0 Å². The van der Waals surface area contributed by atoms with Crippen LogP contribution in [0, 0.1) is 0 Å². The second kappa shape index (κ2) is 4.90. The van der Waals surface area contributed by atoms with E-state index in [9.17, 15) is 8.42 Å². The van der Waals surface area contributed by atoms with Gasteiger partial charge in [0.2, 0.25) is 0 Å². The fraction of sp³-hybridized carbons (Fsp3) is 1.00. The summed E-state index contributed by atoms with van der Waals surface area (Å²) in [7, 11) is -3.40. The van der Waals surface area contributed by atoms with E-state index in [0.29, 0.717) is 13.2 Å². The second-order valence-corrected chi connectivity index (χ2v) is 4.51. The number of rotatable bonds is 4. The zero-order valence-electron chi connectivity index (χ0n) is 7.65. The lowest BCUT2D eigenvalue weighted by molar-refractivity contribution is 0.0416. The summed E-state index contributed by atoms with van der Waals surface area (Å²) in [5.41, 5.74) is 0. The second-order valence-electron chi connectivity index (χ2n) is 2.83. The minimum Gasteiger partial charge on any atom is -0.374 e. The topological polar surface area (TPSA) is 64.6 Å². The first-order valence-electron chi connectivity index (χ1n) is 4.33. The molecule has 0 aliphatic carbocycles. The predicted octanol–water partition coefficient (Wildman–Crippen LogP) is -0.659. The number of morpholine rings is 1. The molecule has 6 heteroatoms. The maximum atomic E-state index is 11.2. The van der Waals surface area contributed by atoms with Crippen LogP contribution < -0.4 is 5.32 Å². The summed E-state index contributed by atoms with van der Waals surface area (Å²) in [4.78, 5) is 0. The molecule has 13 heavy (non-hydrogen) atoms. The van der Waals surface area contributed by atoms with Crippen LogP contribution in [0.5, 0.6) is 0 Å². The molecule has 0 saturated carbocycles. The molecule has 0 aromatic rings. The van der Waals surface area contributed by atoms with Crippen molar-refractivity contribution in [1.82, 2.24) is 5.32 Å². The van der Waals surface area contributed by atoms with Gasteiger partial charge in [0.05, 0.1) is 19.3 Å². The van der Waals surface area contributed by atoms with Crippen molar-refractivity contribution in [3.05, 3.63) is 0 Å². The van der Waals surface area contributed by atoms with E-state index in [2.05, 4.69) is 9.50 Å².